The van der Waals surface area contributed by atoms with Crippen LogP contribution in [0.25, 0.3) is 0 Å². The van der Waals surface area contributed by atoms with Crippen molar-refractivity contribution in [3.8, 4) is 0 Å². The van der Waals surface area contributed by atoms with Gasteiger partial charge >= 0.3 is 0 Å². The fourth-order valence-corrected chi connectivity index (χ4v) is 3.92. The summed E-state index contributed by atoms with van der Waals surface area (Å²) >= 11 is 0. The number of imidazole rings is 1. The molecule has 1 N–H and O–H groups in total. The molecule has 2 aromatic rings. The molecule has 7 heteroatoms. The summed E-state index contributed by atoms with van der Waals surface area (Å²) in [4.78, 5) is 11.6. The van der Waals surface area contributed by atoms with Crippen molar-refractivity contribution >= 4 is 10.0 Å². The van der Waals surface area contributed by atoms with E-state index in [2.05, 4.69) is 15.0 Å². The van der Waals surface area contributed by atoms with Crippen molar-refractivity contribution in [2.24, 2.45) is 0 Å². The van der Waals surface area contributed by atoms with E-state index in [0.717, 1.165) is 17.9 Å². The second kappa shape index (κ2) is 4.99. The van der Waals surface area contributed by atoms with Crippen molar-refractivity contribution in [1.82, 2.24) is 19.3 Å². The summed E-state index contributed by atoms with van der Waals surface area (Å²) in [5.74, 6) is 1.00. The highest BCUT2D eigenvalue weighted by molar-refractivity contribution is 7.89. The summed E-state index contributed by atoms with van der Waals surface area (Å²) < 4.78 is 26.5. The Balaban J connectivity index is 1.80. The molecule has 0 saturated carbocycles. The maximum atomic E-state index is 12.5. The molecule has 0 aromatic carbocycles. The quantitative estimate of drug-likeness (QED) is 0.924. The van der Waals surface area contributed by atoms with E-state index in [9.17, 15) is 8.42 Å². The van der Waals surface area contributed by atoms with Gasteiger partial charge in [-0.25, -0.2) is 13.4 Å². The molecule has 0 radical (unpaired) electrons. The third kappa shape index (κ3) is 2.34. The Hall–Kier alpha value is -1.73. The lowest BCUT2D eigenvalue weighted by molar-refractivity contribution is 0.471. The molecular formula is C13H16N4O2S. The molecule has 0 amide bonds. The van der Waals surface area contributed by atoms with Gasteiger partial charge < -0.3 is 4.98 Å². The van der Waals surface area contributed by atoms with Crippen molar-refractivity contribution in [2.45, 2.75) is 24.2 Å². The standard InChI is InChI=1S/C13H16N4O2S/c1-10-7-15-13(16-10)11-4-6-17(9-11)20(18,19)12-3-2-5-14-8-12/h2-3,5,7-8,11H,4,6,9H2,1H3,(H,15,16). The Labute approximate surface area is 117 Å². The van der Waals surface area contributed by atoms with Gasteiger partial charge in [0.25, 0.3) is 0 Å². The number of hydrogen-bond donors (Lipinski definition) is 1. The van der Waals surface area contributed by atoms with Gasteiger partial charge in [0.05, 0.1) is 0 Å². The molecular weight excluding hydrogens is 276 g/mol. The van der Waals surface area contributed by atoms with E-state index in [-0.39, 0.29) is 10.8 Å². The molecule has 6 nitrogen and oxygen atoms in total. The molecule has 0 bridgehead atoms. The number of hydrogen-bond acceptors (Lipinski definition) is 4. The highest BCUT2D eigenvalue weighted by Gasteiger charge is 2.34. The van der Waals surface area contributed by atoms with Gasteiger partial charge in [-0.3, -0.25) is 4.98 Å². The van der Waals surface area contributed by atoms with Crippen LogP contribution >= 0.6 is 0 Å². The lowest BCUT2D eigenvalue weighted by Crippen LogP contribution is -2.28. The van der Waals surface area contributed by atoms with Crippen LogP contribution in [0.5, 0.6) is 0 Å². The third-order valence-electron chi connectivity index (χ3n) is 3.53. The summed E-state index contributed by atoms with van der Waals surface area (Å²) in [7, 11) is -3.44. The number of rotatable bonds is 3. The van der Waals surface area contributed by atoms with E-state index in [0.29, 0.717) is 13.1 Å². The van der Waals surface area contributed by atoms with Gasteiger partial charge in [0.2, 0.25) is 10.0 Å². The third-order valence-corrected chi connectivity index (χ3v) is 5.38. The molecule has 3 heterocycles. The molecule has 1 fully saturated rings. The van der Waals surface area contributed by atoms with Crippen LogP contribution in [0.4, 0.5) is 0 Å². The lowest BCUT2D eigenvalue weighted by Gasteiger charge is -2.15. The van der Waals surface area contributed by atoms with Crippen LogP contribution in [0, 0.1) is 6.92 Å². The summed E-state index contributed by atoms with van der Waals surface area (Å²) in [5.41, 5.74) is 0.994. The van der Waals surface area contributed by atoms with Crippen molar-refractivity contribution < 1.29 is 8.42 Å². The number of aromatic nitrogens is 3. The molecule has 2 aromatic heterocycles. The average Bonchev–Trinajstić information content (AvgIpc) is 3.08. The maximum absolute atomic E-state index is 12.5. The second-order valence-corrected chi connectivity index (χ2v) is 6.93. The van der Waals surface area contributed by atoms with Crippen molar-refractivity contribution in [1.29, 1.82) is 0 Å². The normalized spacial score (nSPS) is 20.4. The van der Waals surface area contributed by atoms with Crippen LogP contribution in [0.1, 0.15) is 23.9 Å². The second-order valence-electron chi connectivity index (χ2n) is 4.99. The van der Waals surface area contributed by atoms with Crippen LogP contribution in [-0.4, -0.2) is 40.8 Å². The van der Waals surface area contributed by atoms with Gasteiger partial charge in [-0.2, -0.15) is 4.31 Å². The van der Waals surface area contributed by atoms with Gasteiger partial charge in [-0.1, -0.05) is 0 Å². The Morgan fingerprint density at radius 1 is 1.40 bits per heavy atom. The SMILES string of the molecule is Cc1cnc(C2CCN(S(=O)(=O)c3cccnc3)C2)[nH]1. The highest BCUT2D eigenvalue weighted by Crippen LogP contribution is 2.29. The Bertz CT molecular complexity index is 696. The van der Waals surface area contributed by atoms with Crippen molar-refractivity contribution in [2.75, 3.05) is 13.1 Å². The first-order valence-electron chi connectivity index (χ1n) is 6.49. The predicted molar refractivity (Wildman–Crippen MR) is 73.7 cm³/mol. The van der Waals surface area contributed by atoms with E-state index in [1.807, 2.05) is 6.92 Å². The van der Waals surface area contributed by atoms with Crippen LogP contribution in [-0.2, 0) is 10.0 Å². The zero-order valence-corrected chi connectivity index (χ0v) is 12.0. The molecule has 0 spiro atoms. The van der Waals surface area contributed by atoms with Gasteiger partial charge in [0.15, 0.2) is 0 Å². The summed E-state index contributed by atoms with van der Waals surface area (Å²) in [6.07, 6.45) is 5.51. The van der Waals surface area contributed by atoms with Crippen LogP contribution in [0.3, 0.4) is 0 Å². The van der Waals surface area contributed by atoms with Gasteiger partial charge in [-0.15, -0.1) is 0 Å². The first-order chi connectivity index (χ1) is 9.57. The molecule has 3 rings (SSSR count). The summed E-state index contributed by atoms with van der Waals surface area (Å²) in [6.45, 7) is 2.92. The minimum atomic E-state index is -3.44. The first-order valence-corrected chi connectivity index (χ1v) is 7.93. The van der Waals surface area contributed by atoms with E-state index < -0.39 is 10.0 Å². The minimum Gasteiger partial charge on any atom is -0.346 e. The summed E-state index contributed by atoms with van der Waals surface area (Å²) in [5, 5.41) is 0. The van der Waals surface area contributed by atoms with E-state index in [1.54, 1.807) is 24.5 Å². The molecule has 1 atom stereocenters. The Kier molecular flexibility index (Phi) is 3.31. The number of nitrogens with one attached hydrogen (secondary N) is 1. The Morgan fingerprint density at radius 3 is 2.90 bits per heavy atom. The monoisotopic (exact) mass is 292 g/mol. The number of aryl methyl sites for hydroxylation is 1. The average molecular weight is 292 g/mol. The van der Waals surface area contributed by atoms with Crippen LogP contribution in [0.15, 0.2) is 35.6 Å². The van der Waals surface area contributed by atoms with E-state index >= 15 is 0 Å². The predicted octanol–water partition coefficient (Wildman–Crippen LogP) is 1.29. The number of pyridine rings is 1. The van der Waals surface area contributed by atoms with E-state index in [1.165, 1.54) is 10.5 Å². The minimum absolute atomic E-state index is 0.134. The molecule has 1 aliphatic rings. The fraction of sp³-hybridized carbons (Fsp3) is 0.385. The van der Waals surface area contributed by atoms with Crippen LogP contribution in [0.2, 0.25) is 0 Å². The molecule has 1 aliphatic heterocycles. The number of H-pyrrole nitrogens is 1. The topological polar surface area (TPSA) is 79.0 Å². The Morgan fingerprint density at radius 2 is 2.25 bits per heavy atom. The van der Waals surface area contributed by atoms with Gasteiger partial charge in [-0.05, 0) is 25.5 Å². The summed E-state index contributed by atoms with van der Waals surface area (Å²) in [6, 6.07) is 3.21. The highest BCUT2D eigenvalue weighted by atomic mass is 32.2. The smallest absolute Gasteiger partial charge is 0.244 e. The molecule has 1 unspecified atom stereocenters. The van der Waals surface area contributed by atoms with Gasteiger partial charge in [0, 0.05) is 43.3 Å². The fourth-order valence-electron chi connectivity index (χ4n) is 2.46. The van der Waals surface area contributed by atoms with Crippen molar-refractivity contribution in [3.05, 3.63) is 42.2 Å². The van der Waals surface area contributed by atoms with Crippen LogP contribution < -0.4 is 0 Å². The molecule has 1 saturated heterocycles. The van der Waals surface area contributed by atoms with Crippen molar-refractivity contribution in [3.63, 3.8) is 0 Å². The zero-order chi connectivity index (χ0) is 14.2. The molecule has 106 valence electrons. The first kappa shape index (κ1) is 13.3. The van der Waals surface area contributed by atoms with E-state index in [4.69, 9.17) is 0 Å². The zero-order valence-electron chi connectivity index (χ0n) is 11.2. The number of nitrogens with zero attached hydrogens (tertiary/aromatic N) is 3. The molecule has 0 aliphatic carbocycles. The lowest BCUT2D eigenvalue weighted by atomic mass is 10.1. The maximum Gasteiger partial charge on any atom is 0.244 e. The van der Waals surface area contributed by atoms with Gasteiger partial charge in [0.1, 0.15) is 10.7 Å². The number of aromatic amines is 1. The number of sulfonamides is 1. The molecule has 20 heavy (non-hydrogen) atoms. The largest absolute Gasteiger partial charge is 0.346 e.